The van der Waals surface area contributed by atoms with Gasteiger partial charge in [0.05, 0.1) is 0 Å². The van der Waals surface area contributed by atoms with E-state index in [0.717, 1.165) is 6.42 Å². The number of terminal acetylenes is 1. The van der Waals surface area contributed by atoms with Crippen molar-refractivity contribution >= 4 is 0 Å². The fraction of sp³-hybridized carbons (Fsp3) is 0.385. The number of hydrogen-bond acceptors (Lipinski definition) is 0. The van der Waals surface area contributed by atoms with E-state index < -0.39 is 0 Å². The van der Waals surface area contributed by atoms with Gasteiger partial charge >= 0.3 is 0 Å². The largest absolute Gasteiger partial charge is 0.120 e. The Morgan fingerprint density at radius 3 is 2.62 bits per heavy atom. The van der Waals surface area contributed by atoms with E-state index in [0.29, 0.717) is 5.92 Å². The third kappa shape index (κ3) is 2.36. The van der Waals surface area contributed by atoms with Gasteiger partial charge in [-0.25, -0.2) is 0 Å². The molecule has 13 heavy (non-hydrogen) atoms. The monoisotopic (exact) mass is 172 g/mol. The molecule has 0 N–H and O–H groups in total. The normalized spacial score (nSPS) is 12.2. The fourth-order valence-corrected chi connectivity index (χ4v) is 1.67. The SMILES string of the molecule is C#CCC(C)c1ccc(C)cc1C. The van der Waals surface area contributed by atoms with Crippen molar-refractivity contribution in [3.8, 4) is 12.3 Å². The van der Waals surface area contributed by atoms with Gasteiger partial charge in [-0.15, -0.1) is 12.3 Å². The molecule has 0 spiro atoms. The van der Waals surface area contributed by atoms with Crippen molar-refractivity contribution in [1.29, 1.82) is 0 Å². The molecule has 0 saturated carbocycles. The molecule has 0 nitrogen and oxygen atoms in total. The highest BCUT2D eigenvalue weighted by molar-refractivity contribution is 5.33. The lowest BCUT2D eigenvalue weighted by Crippen LogP contribution is -1.95. The molecule has 0 amide bonds. The van der Waals surface area contributed by atoms with Crippen molar-refractivity contribution < 1.29 is 0 Å². The molecule has 1 atom stereocenters. The summed E-state index contributed by atoms with van der Waals surface area (Å²) in [5.41, 5.74) is 4.04. The van der Waals surface area contributed by atoms with Crippen LogP contribution < -0.4 is 0 Å². The summed E-state index contributed by atoms with van der Waals surface area (Å²) in [6, 6.07) is 6.55. The summed E-state index contributed by atoms with van der Waals surface area (Å²) in [4.78, 5) is 0. The molecule has 0 bridgehead atoms. The Kier molecular flexibility index (Phi) is 3.14. The zero-order valence-electron chi connectivity index (χ0n) is 8.59. The van der Waals surface area contributed by atoms with E-state index in [1.54, 1.807) is 0 Å². The minimum absolute atomic E-state index is 0.477. The Hall–Kier alpha value is -1.22. The molecule has 1 rings (SSSR count). The maximum atomic E-state index is 5.30. The van der Waals surface area contributed by atoms with E-state index >= 15 is 0 Å². The lowest BCUT2D eigenvalue weighted by molar-refractivity contribution is 0.788. The van der Waals surface area contributed by atoms with Crippen LogP contribution >= 0.6 is 0 Å². The topological polar surface area (TPSA) is 0 Å². The summed E-state index contributed by atoms with van der Waals surface area (Å²) in [6.07, 6.45) is 6.12. The second-order valence-corrected chi connectivity index (χ2v) is 3.67. The predicted molar refractivity (Wildman–Crippen MR) is 57.8 cm³/mol. The van der Waals surface area contributed by atoms with Gasteiger partial charge in [-0.3, -0.25) is 0 Å². The smallest absolute Gasteiger partial charge is 0.0152 e. The highest BCUT2D eigenvalue weighted by Gasteiger charge is 2.06. The summed E-state index contributed by atoms with van der Waals surface area (Å²) in [5, 5.41) is 0. The first-order chi connectivity index (χ1) is 6.15. The molecule has 0 aliphatic rings. The van der Waals surface area contributed by atoms with Gasteiger partial charge < -0.3 is 0 Å². The van der Waals surface area contributed by atoms with Gasteiger partial charge in [0.2, 0.25) is 0 Å². The Labute approximate surface area is 81.0 Å². The Balaban J connectivity index is 2.96. The molecule has 0 saturated heterocycles. The van der Waals surface area contributed by atoms with E-state index in [2.05, 4.69) is 44.9 Å². The molecule has 0 aliphatic heterocycles. The van der Waals surface area contributed by atoms with E-state index in [4.69, 9.17) is 6.42 Å². The zero-order valence-corrected chi connectivity index (χ0v) is 8.59. The molecule has 0 heteroatoms. The zero-order chi connectivity index (χ0) is 9.84. The van der Waals surface area contributed by atoms with E-state index in [-0.39, 0.29) is 0 Å². The number of aryl methyl sites for hydroxylation is 2. The van der Waals surface area contributed by atoms with Gasteiger partial charge in [0.25, 0.3) is 0 Å². The second kappa shape index (κ2) is 4.14. The lowest BCUT2D eigenvalue weighted by atomic mass is 9.93. The average Bonchev–Trinajstić information content (AvgIpc) is 2.04. The molecular weight excluding hydrogens is 156 g/mol. The first-order valence-electron chi connectivity index (χ1n) is 4.65. The first-order valence-corrected chi connectivity index (χ1v) is 4.65. The summed E-state index contributed by atoms with van der Waals surface area (Å²) in [6.45, 7) is 6.44. The van der Waals surface area contributed by atoms with Crippen LogP contribution in [0, 0.1) is 26.2 Å². The number of hydrogen-bond donors (Lipinski definition) is 0. The summed E-state index contributed by atoms with van der Waals surface area (Å²) in [7, 11) is 0. The molecule has 68 valence electrons. The maximum Gasteiger partial charge on any atom is 0.0152 e. The maximum absolute atomic E-state index is 5.30. The van der Waals surface area contributed by atoms with Crippen LogP contribution in [-0.4, -0.2) is 0 Å². The highest BCUT2D eigenvalue weighted by Crippen LogP contribution is 2.22. The van der Waals surface area contributed by atoms with E-state index in [9.17, 15) is 0 Å². The van der Waals surface area contributed by atoms with Gasteiger partial charge in [-0.05, 0) is 30.9 Å². The van der Waals surface area contributed by atoms with E-state index in [1.807, 2.05) is 0 Å². The Morgan fingerprint density at radius 1 is 1.38 bits per heavy atom. The lowest BCUT2D eigenvalue weighted by Gasteiger charge is -2.12. The standard InChI is InChI=1S/C13H16/c1-5-6-11(3)13-8-7-10(2)9-12(13)4/h1,7-9,11H,6H2,2-4H3. The van der Waals surface area contributed by atoms with Crippen LogP contribution in [-0.2, 0) is 0 Å². The quantitative estimate of drug-likeness (QED) is 0.599. The van der Waals surface area contributed by atoms with Crippen LogP contribution in [0.15, 0.2) is 18.2 Å². The molecule has 0 heterocycles. The molecule has 0 aliphatic carbocycles. The fourth-order valence-electron chi connectivity index (χ4n) is 1.67. The van der Waals surface area contributed by atoms with Crippen LogP contribution in [0.5, 0.6) is 0 Å². The Bertz CT molecular complexity index is 328. The van der Waals surface area contributed by atoms with Crippen molar-refractivity contribution in [3.63, 3.8) is 0 Å². The molecule has 0 aromatic heterocycles. The number of rotatable bonds is 2. The summed E-state index contributed by atoms with van der Waals surface area (Å²) >= 11 is 0. The molecule has 0 fully saturated rings. The second-order valence-electron chi connectivity index (χ2n) is 3.67. The molecule has 0 radical (unpaired) electrons. The van der Waals surface area contributed by atoms with Crippen LogP contribution in [0.2, 0.25) is 0 Å². The van der Waals surface area contributed by atoms with Crippen LogP contribution in [0.1, 0.15) is 36.0 Å². The molecule has 1 unspecified atom stereocenters. The minimum atomic E-state index is 0.477. The average molecular weight is 172 g/mol. The highest BCUT2D eigenvalue weighted by atomic mass is 14.1. The first kappa shape index (κ1) is 9.86. The van der Waals surface area contributed by atoms with Crippen molar-refractivity contribution in [1.82, 2.24) is 0 Å². The van der Waals surface area contributed by atoms with Crippen LogP contribution in [0.4, 0.5) is 0 Å². The van der Waals surface area contributed by atoms with Gasteiger partial charge in [0, 0.05) is 6.42 Å². The third-order valence-corrected chi connectivity index (χ3v) is 2.38. The van der Waals surface area contributed by atoms with Crippen LogP contribution in [0.25, 0.3) is 0 Å². The summed E-state index contributed by atoms with van der Waals surface area (Å²) < 4.78 is 0. The summed E-state index contributed by atoms with van der Waals surface area (Å²) in [5.74, 6) is 3.19. The van der Waals surface area contributed by atoms with Gasteiger partial charge in [-0.2, -0.15) is 0 Å². The molecular formula is C13H16. The molecule has 1 aromatic rings. The Morgan fingerprint density at radius 2 is 2.08 bits per heavy atom. The van der Waals surface area contributed by atoms with Gasteiger partial charge in [0.15, 0.2) is 0 Å². The number of benzene rings is 1. The predicted octanol–water partition coefficient (Wildman–Crippen LogP) is 3.43. The van der Waals surface area contributed by atoms with Crippen molar-refractivity contribution in [2.75, 3.05) is 0 Å². The van der Waals surface area contributed by atoms with E-state index in [1.165, 1.54) is 16.7 Å². The van der Waals surface area contributed by atoms with Crippen molar-refractivity contribution in [2.45, 2.75) is 33.1 Å². The minimum Gasteiger partial charge on any atom is -0.120 e. The van der Waals surface area contributed by atoms with Crippen molar-refractivity contribution in [2.24, 2.45) is 0 Å². The third-order valence-electron chi connectivity index (χ3n) is 2.38. The van der Waals surface area contributed by atoms with Crippen LogP contribution in [0.3, 0.4) is 0 Å². The van der Waals surface area contributed by atoms with Gasteiger partial charge in [0.1, 0.15) is 0 Å². The van der Waals surface area contributed by atoms with Gasteiger partial charge in [-0.1, -0.05) is 30.7 Å². The molecule has 1 aromatic carbocycles. The van der Waals surface area contributed by atoms with Crippen molar-refractivity contribution in [3.05, 3.63) is 34.9 Å².